The molecule has 3 aromatic rings. The van der Waals surface area contributed by atoms with Crippen molar-refractivity contribution in [3.63, 3.8) is 0 Å². The average Bonchev–Trinajstić information content (AvgIpc) is 2.87. The largest absolute Gasteiger partial charge is 0.478 e. The van der Waals surface area contributed by atoms with E-state index in [-0.39, 0.29) is 0 Å². The van der Waals surface area contributed by atoms with Crippen molar-refractivity contribution in [1.82, 2.24) is 9.55 Å². The summed E-state index contributed by atoms with van der Waals surface area (Å²) in [4.78, 5) is 16.9. The van der Waals surface area contributed by atoms with Crippen molar-refractivity contribution in [2.24, 2.45) is 7.05 Å². The summed E-state index contributed by atoms with van der Waals surface area (Å²) in [6.45, 7) is 0. The van der Waals surface area contributed by atoms with Crippen LogP contribution in [0.15, 0.2) is 53.7 Å². The van der Waals surface area contributed by atoms with Crippen molar-refractivity contribution >= 4 is 28.8 Å². The van der Waals surface area contributed by atoms with Crippen LogP contribution in [-0.2, 0) is 12.8 Å². The number of nitrogens with zero attached hydrogens (tertiary/aromatic N) is 2. The molecule has 0 spiro atoms. The van der Waals surface area contributed by atoms with Gasteiger partial charge in [0.15, 0.2) is 0 Å². The second kappa shape index (κ2) is 5.61. The van der Waals surface area contributed by atoms with E-state index in [0.717, 1.165) is 21.5 Å². The van der Waals surface area contributed by atoms with E-state index in [1.54, 1.807) is 30.2 Å². The van der Waals surface area contributed by atoms with Gasteiger partial charge in [0.05, 0.1) is 22.9 Å². The number of benzene rings is 2. The SMILES string of the molecule is Cn1cnc2ccc(C(=O)O)c(CSc3ccccc3)c21. The number of hydrogen-bond donors (Lipinski definition) is 1. The van der Waals surface area contributed by atoms with Crippen LogP contribution in [0.4, 0.5) is 0 Å². The maximum atomic E-state index is 11.5. The summed E-state index contributed by atoms with van der Waals surface area (Å²) in [5, 5.41) is 9.41. The van der Waals surface area contributed by atoms with Gasteiger partial charge in [0, 0.05) is 23.3 Å². The number of carbonyl (C=O) groups is 1. The van der Waals surface area contributed by atoms with Crippen LogP contribution in [0.3, 0.4) is 0 Å². The maximum Gasteiger partial charge on any atom is 0.336 e. The fourth-order valence-corrected chi connectivity index (χ4v) is 3.30. The number of hydrogen-bond acceptors (Lipinski definition) is 3. The van der Waals surface area contributed by atoms with Gasteiger partial charge in [-0.05, 0) is 24.3 Å². The molecule has 2 aromatic carbocycles. The topological polar surface area (TPSA) is 55.1 Å². The van der Waals surface area contributed by atoms with Crippen LogP contribution in [0.1, 0.15) is 15.9 Å². The molecule has 0 bridgehead atoms. The van der Waals surface area contributed by atoms with Crippen molar-refractivity contribution < 1.29 is 9.90 Å². The highest BCUT2D eigenvalue weighted by Gasteiger charge is 2.16. The van der Waals surface area contributed by atoms with Gasteiger partial charge < -0.3 is 9.67 Å². The molecule has 1 N–H and O–H groups in total. The summed E-state index contributed by atoms with van der Waals surface area (Å²) in [6.07, 6.45) is 1.72. The summed E-state index contributed by atoms with van der Waals surface area (Å²) in [6, 6.07) is 13.4. The lowest BCUT2D eigenvalue weighted by atomic mass is 10.1. The number of carboxylic acid groups (broad SMARTS) is 1. The summed E-state index contributed by atoms with van der Waals surface area (Å²) in [7, 11) is 1.89. The first-order chi connectivity index (χ1) is 10.2. The summed E-state index contributed by atoms with van der Waals surface area (Å²) in [5.41, 5.74) is 2.87. The lowest BCUT2D eigenvalue weighted by Crippen LogP contribution is -2.04. The second-order valence-electron chi connectivity index (χ2n) is 4.72. The predicted molar refractivity (Wildman–Crippen MR) is 83.7 cm³/mol. The van der Waals surface area contributed by atoms with Gasteiger partial charge in [-0.25, -0.2) is 9.78 Å². The Labute approximate surface area is 126 Å². The minimum absolute atomic E-state index is 0.342. The van der Waals surface area contributed by atoms with Crippen LogP contribution in [0.5, 0.6) is 0 Å². The molecule has 1 heterocycles. The van der Waals surface area contributed by atoms with Crippen molar-refractivity contribution in [2.75, 3.05) is 0 Å². The highest BCUT2D eigenvalue weighted by Crippen LogP contribution is 2.29. The van der Waals surface area contributed by atoms with E-state index in [2.05, 4.69) is 4.98 Å². The number of thioether (sulfide) groups is 1. The molecule has 0 fully saturated rings. The number of imidazole rings is 1. The van der Waals surface area contributed by atoms with E-state index in [1.807, 2.05) is 41.9 Å². The zero-order chi connectivity index (χ0) is 14.8. The van der Waals surface area contributed by atoms with E-state index in [1.165, 1.54) is 0 Å². The lowest BCUT2D eigenvalue weighted by molar-refractivity contribution is 0.0696. The Morgan fingerprint density at radius 1 is 1.24 bits per heavy atom. The molecular formula is C16H14N2O2S. The van der Waals surface area contributed by atoms with Gasteiger partial charge in [0.25, 0.3) is 0 Å². The molecule has 0 amide bonds. The van der Waals surface area contributed by atoms with E-state index < -0.39 is 5.97 Å². The normalized spacial score (nSPS) is 10.9. The van der Waals surface area contributed by atoms with Gasteiger partial charge in [-0.3, -0.25) is 0 Å². The minimum atomic E-state index is -0.901. The fraction of sp³-hybridized carbons (Fsp3) is 0.125. The number of fused-ring (bicyclic) bond motifs is 1. The summed E-state index contributed by atoms with van der Waals surface area (Å²) >= 11 is 1.63. The first-order valence-corrected chi connectivity index (χ1v) is 7.49. The van der Waals surface area contributed by atoms with Gasteiger partial charge >= 0.3 is 5.97 Å². The van der Waals surface area contributed by atoms with Crippen molar-refractivity contribution in [3.05, 3.63) is 59.9 Å². The minimum Gasteiger partial charge on any atom is -0.478 e. The molecule has 0 aliphatic carbocycles. The smallest absolute Gasteiger partial charge is 0.336 e. The van der Waals surface area contributed by atoms with E-state index in [4.69, 9.17) is 0 Å². The van der Waals surface area contributed by atoms with Crippen molar-refractivity contribution in [1.29, 1.82) is 0 Å². The molecular weight excluding hydrogens is 284 g/mol. The van der Waals surface area contributed by atoms with Crippen LogP contribution >= 0.6 is 11.8 Å². The van der Waals surface area contributed by atoms with E-state index >= 15 is 0 Å². The number of rotatable bonds is 4. The molecule has 21 heavy (non-hydrogen) atoms. The van der Waals surface area contributed by atoms with Gasteiger partial charge in [0.2, 0.25) is 0 Å². The molecule has 0 aliphatic rings. The quantitative estimate of drug-likeness (QED) is 0.748. The molecule has 0 radical (unpaired) electrons. The Morgan fingerprint density at radius 2 is 2.00 bits per heavy atom. The molecule has 5 heteroatoms. The van der Waals surface area contributed by atoms with Crippen molar-refractivity contribution in [2.45, 2.75) is 10.6 Å². The third kappa shape index (κ3) is 2.64. The fourth-order valence-electron chi connectivity index (χ4n) is 2.35. The van der Waals surface area contributed by atoms with Crippen LogP contribution in [-0.4, -0.2) is 20.6 Å². The summed E-state index contributed by atoms with van der Waals surface area (Å²) in [5.74, 6) is -0.301. The van der Waals surface area contributed by atoms with Crippen molar-refractivity contribution in [3.8, 4) is 0 Å². The van der Waals surface area contributed by atoms with Gasteiger partial charge in [-0.2, -0.15) is 0 Å². The molecule has 0 aliphatic heterocycles. The zero-order valence-electron chi connectivity index (χ0n) is 11.5. The van der Waals surface area contributed by atoms with Gasteiger partial charge in [-0.1, -0.05) is 18.2 Å². The van der Waals surface area contributed by atoms with Crippen LogP contribution < -0.4 is 0 Å². The molecule has 0 unspecified atom stereocenters. The highest BCUT2D eigenvalue weighted by atomic mass is 32.2. The Balaban J connectivity index is 2.04. The second-order valence-corrected chi connectivity index (χ2v) is 5.77. The third-order valence-electron chi connectivity index (χ3n) is 3.34. The number of aromatic nitrogens is 2. The standard InChI is InChI=1S/C16H14N2O2S/c1-18-10-17-14-8-7-12(16(19)20)13(15(14)18)9-21-11-5-3-2-4-6-11/h2-8,10H,9H2,1H3,(H,19,20). The lowest BCUT2D eigenvalue weighted by Gasteiger charge is -2.09. The van der Waals surface area contributed by atoms with Crippen LogP contribution in [0, 0.1) is 0 Å². The molecule has 3 rings (SSSR count). The van der Waals surface area contributed by atoms with E-state index in [9.17, 15) is 9.90 Å². The van der Waals surface area contributed by atoms with E-state index in [0.29, 0.717) is 11.3 Å². The van der Waals surface area contributed by atoms with Gasteiger partial charge in [0.1, 0.15) is 0 Å². The molecule has 1 aromatic heterocycles. The first kappa shape index (κ1) is 13.7. The Bertz CT molecular complexity index is 797. The molecule has 0 saturated heterocycles. The number of aromatic carboxylic acids is 1. The molecule has 4 nitrogen and oxygen atoms in total. The number of aryl methyl sites for hydroxylation is 1. The highest BCUT2D eigenvalue weighted by molar-refractivity contribution is 7.98. The Hall–Kier alpha value is -2.27. The monoisotopic (exact) mass is 298 g/mol. The molecule has 106 valence electrons. The van der Waals surface area contributed by atoms with Crippen LogP contribution in [0.25, 0.3) is 11.0 Å². The maximum absolute atomic E-state index is 11.5. The summed E-state index contributed by atoms with van der Waals surface area (Å²) < 4.78 is 1.88. The Kier molecular flexibility index (Phi) is 3.66. The zero-order valence-corrected chi connectivity index (χ0v) is 12.3. The first-order valence-electron chi connectivity index (χ1n) is 6.51. The predicted octanol–water partition coefficient (Wildman–Crippen LogP) is 3.56. The molecule has 0 atom stereocenters. The van der Waals surface area contributed by atoms with Gasteiger partial charge in [-0.15, -0.1) is 11.8 Å². The average molecular weight is 298 g/mol. The van der Waals surface area contributed by atoms with Crippen LogP contribution in [0.2, 0.25) is 0 Å². The molecule has 0 saturated carbocycles. The Morgan fingerprint density at radius 3 is 2.71 bits per heavy atom. The third-order valence-corrected chi connectivity index (χ3v) is 4.38. The number of carboxylic acids is 1.